The molecule has 2 N–H and O–H groups in total. The van der Waals surface area contributed by atoms with Crippen LogP contribution in [-0.4, -0.2) is 68.5 Å². The van der Waals surface area contributed by atoms with Gasteiger partial charge in [0.1, 0.15) is 13.2 Å². The van der Waals surface area contributed by atoms with Crippen molar-refractivity contribution < 1.29 is 32.9 Å². The van der Waals surface area contributed by atoms with Crippen molar-refractivity contribution in [2.24, 2.45) is 0 Å². The summed E-state index contributed by atoms with van der Waals surface area (Å²) in [5.74, 6) is -0.189. The number of allylic oxidation sites excluding steroid dienone is 3. The van der Waals surface area contributed by atoms with Crippen LogP contribution in [0.15, 0.2) is 24.3 Å². The Morgan fingerprint density at radius 1 is 0.430 bits per heavy atom. The van der Waals surface area contributed by atoms with Crippen LogP contribution in [0.2, 0.25) is 0 Å². The van der Waals surface area contributed by atoms with Gasteiger partial charge >= 0.3 is 0 Å². The summed E-state index contributed by atoms with van der Waals surface area (Å²) < 4.78 is 23.4. The van der Waals surface area contributed by atoms with E-state index in [1.807, 2.05) is 27.2 Å². The van der Waals surface area contributed by atoms with Gasteiger partial charge in [0.2, 0.25) is 5.91 Å². The molecule has 0 aliphatic carbocycles. The van der Waals surface area contributed by atoms with Crippen LogP contribution in [0.3, 0.4) is 0 Å². The van der Waals surface area contributed by atoms with Crippen molar-refractivity contribution in [3.63, 3.8) is 0 Å². The smallest absolute Gasteiger partial charge is 0.268 e. The first-order valence-electron chi connectivity index (χ1n) is 35.2. The van der Waals surface area contributed by atoms with Crippen LogP contribution in [-0.2, 0) is 18.4 Å². The molecule has 0 aromatic rings. The minimum Gasteiger partial charge on any atom is -0.756 e. The van der Waals surface area contributed by atoms with E-state index in [4.69, 9.17) is 9.05 Å². The van der Waals surface area contributed by atoms with E-state index in [0.29, 0.717) is 17.4 Å². The second-order valence-corrected chi connectivity index (χ2v) is 27.0. The Morgan fingerprint density at radius 3 is 0.987 bits per heavy atom. The number of likely N-dealkylation sites (N-methyl/N-ethyl adjacent to an activating group) is 1. The zero-order valence-corrected chi connectivity index (χ0v) is 54.8. The number of rotatable bonds is 66. The van der Waals surface area contributed by atoms with Gasteiger partial charge in [-0.1, -0.05) is 340 Å². The Labute approximate surface area is 494 Å². The molecule has 8 nitrogen and oxygen atoms in total. The van der Waals surface area contributed by atoms with Crippen LogP contribution < -0.4 is 10.2 Å². The molecule has 3 unspecified atom stereocenters. The van der Waals surface area contributed by atoms with Crippen molar-refractivity contribution >= 4 is 13.7 Å². The molecule has 0 bridgehead atoms. The highest BCUT2D eigenvalue weighted by atomic mass is 31.2. The van der Waals surface area contributed by atoms with Gasteiger partial charge in [-0.15, -0.1) is 0 Å². The second kappa shape index (κ2) is 61.5. The number of unbranched alkanes of at least 4 members (excludes halogenated alkanes) is 51. The fraction of sp³-hybridized carbons (Fsp3) is 0.929. The molecule has 0 radical (unpaired) electrons. The molecule has 0 heterocycles. The first-order valence-corrected chi connectivity index (χ1v) is 36.7. The molecule has 0 fully saturated rings. The molecular formula is C70H139N2O6P. The van der Waals surface area contributed by atoms with Gasteiger partial charge in [0.25, 0.3) is 7.82 Å². The third-order valence-electron chi connectivity index (χ3n) is 16.4. The van der Waals surface area contributed by atoms with Crippen LogP contribution in [0.4, 0.5) is 0 Å². The van der Waals surface area contributed by atoms with Gasteiger partial charge in [-0.25, -0.2) is 0 Å². The summed E-state index contributed by atoms with van der Waals surface area (Å²) in [6.45, 7) is 4.70. The summed E-state index contributed by atoms with van der Waals surface area (Å²) in [4.78, 5) is 25.6. The molecule has 470 valence electrons. The quantitative estimate of drug-likeness (QED) is 0.0272. The number of nitrogens with one attached hydrogen (secondary N) is 1. The number of nitrogens with zero attached hydrogens (tertiary/aromatic N) is 1. The molecule has 0 aromatic heterocycles. The van der Waals surface area contributed by atoms with E-state index in [1.165, 1.54) is 308 Å². The number of carbonyl (C=O) groups is 1. The first kappa shape index (κ1) is 78.0. The van der Waals surface area contributed by atoms with Crippen molar-refractivity contribution in [2.75, 3.05) is 40.9 Å². The van der Waals surface area contributed by atoms with Gasteiger partial charge in [-0.3, -0.25) is 9.36 Å². The molecular weight excluding hydrogens is 996 g/mol. The van der Waals surface area contributed by atoms with Crippen LogP contribution in [0, 0.1) is 0 Å². The number of hydrogen-bond donors (Lipinski definition) is 2. The molecule has 0 aliphatic heterocycles. The molecule has 79 heavy (non-hydrogen) atoms. The summed E-state index contributed by atoms with van der Waals surface area (Å²) in [5, 5.41) is 13.9. The van der Waals surface area contributed by atoms with E-state index in [2.05, 4.69) is 31.3 Å². The maximum Gasteiger partial charge on any atom is 0.268 e. The molecule has 0 saturated carbocycles. The summed E-state index contributed by atoms with van der Waals surface area (Å²) in [7, 11) is 1.28. The highest BCUT2D eigenvalue weighted by molar-refractivity contribution is 7.45. The first-order chi connectivity index (χ1) is 38.5. The third kappa shape index (κ3) is 64.4. The number of phosphoric ester groups is 1. The van der Waals surface area contributed by atoms with E-state index in [1.54, 1.807) is 6.08 Å². The lowest BCUT2D eigenvalue weighted by atomic mass is 10.0. The van der Waals surface area contributed by atoms with Crippen molar-refractivity contribution in [3.05, 3.63) is 24.3 Å². The third-order valence-corrected chi connectivity index (χ3v) is 17.4. The highest BCUT2D eigenvalue weighted by Gasteiger charge is 2.23. The molecule has 0 spiro atoms. The van der Waals surface area contributed by atoms with Gasteiger partial charge in [0, 0.05) is 6.42 Å². The fourth-order valence-corrected chi connectivity index (χ4v) is 11.6. The molecule has 1 amide bonds. The molecule has 9 heteroatoms. The maximum absolute atomic E-state index is 13.0. The monoisotopic (exact) mass is 1140 g/mol. The van der Waals surface area contributed by atoms with E-state index >= 15 is 0 Å². The SMILES string of the molecule is CCCCCCCCCC/C=C\CCCCCCCCCCCCCCCCCCCCCCCCCCCCCCCC(=O)NC(COP(=O)([O-])OCC[N+](C)(C)C)C(O)/C=C/CCCCCCCCCCCCCCCC. The molecule has 0 rings (SSSR count). The van der Waals surface area contributed by atoms with Crippen molar-refractivity contribution in [1.29, 1.82) is 0 Å². The van der Waals surface area contributed by atoms with Crippen LogP contribution in [0.5, 0.6) is 0 Å². The average Bonchev–Trinajstić information content (AvgIpc) is 3.42. The number of aliphatic hydroxyl groups is 1. The Bertz CT molecular complexity index is 1340. The summed E-state index contributed by atoms with van der Waals surface area (Å²) >= 11 is 0. The maximum atomic E-state index is 13.0. The lowest BCUT2D eigenvalue weighted by Crippen LogP contribution is -2.45. The number of hydrogen-bond acceptors (Lipinski definition) is 6. The molecule has 0 aliphatic rings. The summed E-state index contributed by atoms with van der Waals surface area (Å²) in [6.07, 6.45) is 80.4. The topological polar surface area (TPSA) is 108 Å². The average molecular weight is 1140 g/mol. The van der Waals surface area contributed by atoms with Gasteiger partial charge in [0.15, 0.2) is 0 Å². The van der Waals surface area contributed by atoms with E-state index < -0.39 is 20.0 Å². The van der Waals surface area contributed by atoms with Crippen LogP contribution in [0.25, 0.3) is 0 Å². The summed E-state index contributed by atoms with van der Waals surface area (Å²) in [6, 6.07) is -0.883. The summed E-state index contributed by atoms with van der Waals surface area (Å²) in [5.41, 5.74) is 0. The standard InChI is InChI=1S/C70H139N2O6P/c1-6-8-10-12-14-16-18-20-22-24-25-26-27-28-29-30-31-32-33-34-35-36-37-38-39-40-41-42-43-44-45-46-47-48-50-52-54-56-58-60-62-64-70(74)71-68(67-78-79(75,76)77-66-65-72(3,4)5)69(73)63-61-59-57-55-53-51-49-23-21-19-17-15-13-11-9-7-2/h24-25,61,63,68-69,73H,6-23,26-60,62,64-67H2,1-5H3,(H-,71,74,75,76)/b25-24-,63-61+. The van der Waals surface area contributed by atoms with Gasteiger partial charge in [0.05, 0.1) is 39.9 Å². The van der Waals surface area contributed by atoms with Crippen LogP contribution in [0.1, 0.15) is 367 Å². The van der Waals surface area contributed by atoms with Crippen molar-refractivity contribution in [2.45, 2.75) is 379 Å². The predicted molar refractivity (Wildman–Crippen MR) is 344 cm³/mol. The largest absolute Gasteiger partial charge is 0.756 e. The van der Waals surface area contributed by atoms with Crippen LogP contribution >= 0.6 is 7.82 Å². The highest BCUT2D eigenvalue weighted by Crippen LogP contribution is 2.38. The molecule has 0 saturated heterocycles. The normalized spacial score (nSPS) is 13.8. The predicted octanol–water partition coefficient (Wildman–Crippen LogP) is 21.6. The Morgan fingerprint density at radius 2 is 0.696 bits per heavy atom. The molecule has 0 aromatic carbocycles. The van der Waals surface area contributed by atoms with E-state index in [0.717, 1.165) is 38.5 Å². The minimum atomic E-state index is -4.60. The van der Waals surface area contributed by atoms with Gasteiger partial charge < -0.3 is 28.8 Å². The Hall–Kier alpha value is -1.02. The lowest BCUT2D eigenvalue weighted by Gasteiger charge is -2.29. The van der Waals surface area contributed by atoms with E-state index in [-0.39, 0.29) is 19.1 Å². The number of quaternary nitrogens is 1. The number of carbonyl (C=O) groups excluding carboxylic acids is 1. The molecule has 3 atom stereocenters. The second-order valence-electron chi connectivity index (χ2n) is 25.6. The minimum absolute atomic E-state index is 0.00213. The number of amides is 1. The Balaban J connectivity index is 3.84. The van der Waals surface area contributed by atoms with E-state index in [9.17, 15) is 19.4 Å². The number of aliphatic hydroxyl groups excluding tert-OH is 1. The van der Waals surface area contributed by atoms with Gasteiger partial charge in [-0.05, 0) is 44.9 Å². The Kier molecular flexibility index (Phi) is 60.7. The fourth-order valence-electron chi connectivity index (χ4n) is 10.9. The van der Waals surface area contributed by atoms with Gasteiger partial charge in [-0.2, -0.15) is 0 Å². The zero-order valence-electron chi connectivity index (χ0n) is 53.9. The number of phosphoric acid groups is 1. The lowest BCUT2D eigenvalue weighted by molar-refractivity contribution is -0.870. The van der Waals surface area contributed by atoms with Crippen molar-refractivity contribution in [1.82, 2.24) is 5.32 Å². The van der Waals surface area contributed by atoms with Crippen molar-refractivity contribution in [3.8, 4) is 0 Å². The zero-order chi connectivity index (χ0) is 57.7.